The number of hydrogen-bond acceptors (Lipinski definition) is 4. The zero-order valence-corrected chi connectivity index (χ0v) is 17.1. The maximum Gasteiger partial charge on any atom is 0.277 e. The summed E-state index contributed by atoms with van der Waals surface area (Å²) in [6.45, 7) is 4.22. The Bertz CT molecular complexity index is 963. The smallest absolute Gasteiger partial charge is 0.277 e. The lowest BCUT2D eigenvalue weighted by Crippen LogP contribution is -2.24. The average molecular weight is 411 g/mol. The molecule has 0 fully saturated rings. The highest BCUT2D eigenvalue weighted by Crippen LogP contribution is 2.23. The Morgan fingerprint density at radius 2 is 1.86 bits per heavy atom. The van der Waals surface area contributed by atoms with Crippen LogP contribution in [0.1, 0.15) is 37.5 Å². The first-order valence-electron chi connectivity index (χ1n) is 9.45. The van der Waals surface area contributed by atoms with Crippen molar-refractivity contribution in [1.29, 1.82) is 0 Å². The van der Waals surface area contributed by atoms with Crippen molar-refractivity contribution in [2.24, 2.45) is 5.10 Å². The topological polar surface area (TPSA) is 63.8 Å². The fraction of sp³-hybridized carbons (Fsp3) is 0.217. The summed E-state index contributed by atoms with van der Waals surface area (Å²) < 4.78 is 11.2. The summed E-state index contributed by atoms with van der Waals surface area (Å²) >= 11 is 5.89. The predicted molar refractivity (Wildman–Crippen MR) is 116 cm³/mol. The molecule has 0 aliphatic rings. The molecule has 1 heterocycles. The molecule has 3 rings (SSSR count). The van der Waals surface area contributed by atoms with Gasteiger partial charge in [-0.15, -0.1) is 0 Å². The van der Waals surface area contributed by atoms with Crippen LogP contribution >= 0.6 is 11.6 Å². The molecule has 3 aromatic rings. The molecule has 0 radical (unpaired) electrons. The van der Waals surface area contributed by atoms with Gasteiger partial charge in [-0.3, -0.25) is 4.79 Å². The fourth-order valence-corrected chi connectivity index (χ4v) is 2.79. The van der Waals surface area contributed by atoms with Gasteiger partial charge < -0.3 is 9.15 Å². The summed E-state index contributed by atoms with van der Waals surface area (Å²) in [4.78, 5) is 11.9. The number of benzene rings is 2. The van der Waals surface area contributed by atoms with Crippen LogP contribution in [0, 0.1) is 0 Å². The third-order valence-corrected chi connectivity index (χ3v) is 4.82. The van der Waals surface area contributed by atoms with E-state index >= 15 is 0 Å². The third-order valence-electron chi connectivity index (χ3n) is 4.57. The second-order valence-electron chi connectivity index (χ2n) is 6.67. The van der Waals surface area contributed by atoms with Gasteiger partial charge in [0.1, 0.15) is 17.3 Å². The van der Waals surface area contributed by atoms with Crippen molar-refractivity contribution in [2.75, 3.05) is 6.61 Å². The van der Waals surface area contributed by atoms with E-state index in [2.05, 4.69) is 24.4 Å². The minimum atomic E-state index is -0.350. The highest BCUT2D eigenvalue weighted by molar-refractivity contribution is 6.30. The summed E-state index contributed by atoms with van der Waals surface area (Å²) in [6, 6.07) is 18.7. The normalized spacial score (nSPS) is 12.1. The molecule has 0 saturated heterocycles. The Kier molecular flexibility index (Phi) is 7.09. The molecule has 0 aliphatic heterocycles. The number of rotatable bonds is 8. The summed E-state index contributed by atoms with van der Waals surface area (Å²) in [5.74, 6) is 2.02. The Morgan fingerprint density at radius 3 is 2.55 bits per heavy atom. The lowest BCUT2D eigenvalue weighted by atomic mass is 9.99. The van der Waals surface area contributed by atoms with Crippen LogP contribution in [0.5, 0.6) is 5.75 Å². The van der Waals surface area contributed by atoms with Crippen LogP contribution in [0.4, 0.5) is 0 Å². The summed E-state index contributed by atoms with van der Waals surface area (Å²) in [5.41, 5.74) is 4.59. The fourth-order valence-electron chi connectivity index (χ4n) is 2.67. The van der Waals surface area contributed by atoms with Gasteiger partial charge in [-0.05, 0) is 66.4 Å². The molecule has 0 saturated carbocycles. The summed E-state index contributed by atoms with van der Waals surface area (Å²) in [5, 5.41) is 4.57. The van der Waals surface area contributed by atoms with E-state index in [1.54, 1.807) is 18.2 Å². The Balaban J connectivity index is 1.47. The number of ether oxygens (including phenoxy) is 1. The molecule has 1 amide bonds. The first-order valence-corrected chi connectivity index (χ1v) is 9.83. The average Bonchev–Trinajstić information content (AvgIpc) is 3.21. The molecule has 2 aromatic carbocycles. The number of furan rings is 1. The second-order valence-corrected chi connectivity index (χ2v) is 7.11. The summed E-state index contributed by atoms with van der Waals surface area (Å²) in [6.07, 6.45) is 2.52. The third kappa shape index (κ3) is 5.96. The van der Waals surface area contributed by atoms with Crippen molar-refractivity contribution in [3.8, 4) is 17.1 Å². The van der Waals surface area contributed by atoms with Crippen LogP contribution in [0.2, 0.25) is 5.02 Å². The zero-order valence-electron chi connectivity index (χ0n) is 16.4. The highest BCUT2D eigenvalue weighted by Gasteiger charge is 2.06. The second kappa shape index (κ2) is 9.94. The van der Waals surface area contributed by atoms with Crippen molar-refractivity contribution in [3.63, 3.8) is 0 Å². The van der Waals surface area contributed by atoms with Crippen LogP contribution in [0.15, 0.2) is 70.2 Å². The molecular formula is C23H23ClN2O3. The molecule has 0 bridgehead atoms. The molecule has 150 valence electrons. The molecule has 0 aliphatic carbocycles. The Morgan fingerprint density at radius 1 is 1.14 bits per heavy atom. The van der Waals surface area contributed by atoms with Gasteiger partial charge in [-0.1, -0.05) is 37.6 Å². The molecule has 1 aromatic heterocycles. The van der Waals surface area contributed by atoms with Gasteiger partial charge in [-0.2, -0.15) is 5.10 Å². The summed E-state index contributed by atoms with van der Waals surface area (Å²) in [7, 11) is 0. The number of nitrogens with one attached hydrogen (secondary N) is 1. The zero-order chi connectivity index (χ0) is 20.6. The van der Waals surface area contributed by atoms with E-state index in [-0.39, 0.29) is 12.5 Å². The van der Waals surface area contributed by atoms with Gasteiger partial charge in [0.25, 0.3) is 5.91 Å². The molecule has 5 nitrogen and oxygen atoms in total. The van der Waals surface area contributed by atoms with E-state index in [0.717, 1.165) is 12.0 Å². The van der Waals surface area contributed by atoms with Gasteiger partial charge in [0.15, 0.2) is 6.61 Å². The van der Waals surface area contributed by atoms with Crippen LogP contribution in [0.25, 0.3) is 11.3 Å². The minimum Gasteiger partial charge on any atom is -0.484 e. The first kappa shape index (κ1) is 20.7. The number of hydrogen-bond donors (Lipinski definition) is 1. The number of nitrogens with zero attached hydrogens (tertiary/aromatic N) is 1. The maximum absolute atomic E-state index is 11.9. The Hall–Kier alpha value is -3.05. The highest BCUT2D eigenvalue weighted by atomic mass is 35.5. The number of carbonyl (C=O) groups is 1. The number of carbonyl (C=O) groups excluding carboxylic acids is 1. The number of amides is 1. The monoisotopic (exact) mass is 410 g/mol. The molecule has 0 spiro atoms. The van der Waals surface area contributed by atoms with Gasteiger partial charge in [0, 0.05) is 10.6 Å². The molecule has 1 atom stereocenters. The van der Waals surface area contributed by atoms with Crippen molar-refractivity contribution < 1.29 is 13.9 Å². The van der Waals surface area contributed by atoms with Crippen LogP contribution in [-0.4, -0.2) is 18.7 Å². The van der Waals surface area contributed by atoms with Gasteiger partial charge in [0.05, 0.1) is 6.21 Å². The van der Waals surface area contributed by atoms with E-state index in [9.17, 15) is 4.79 Å². The lowest BCUT2D eigenvalue weighted by Gasteiger charge is -2.10. The quantitative estimate of drug-likeness (QED) is 0.386. The Labute approximate surface area is 175 Å². The maximum atomic E-state index is 11.9. The van der Waals surface area contributed by atoms with Gasteiger partial charge in [0.2, 0.25) is 0 Å². The van der Waals surface area contributed by atoms with Gasteiger partial charge >= 0.3 is 0 Å². The van der Waals surface area contributed by atoms with Crippen LogP contribution < -0.4 is 10.2 Å². The van der Waals surface area contributed by atoms with Crippen molar-refractivity contribution in [1.82, 2.24) is 5.43 Å². The van der Waals surface area contributed by atoms with Crippen LogP contribution in [-0.2, 0) is 4.79 Å². The molecule has 6 heteroatoms. The largest absolute Gasteiger partial charge is 0.484 e. The first-order chi connectivity index (χ1) is 14.0. The lowest BCUT2D eigenvalue weighted by molar-refractivity contribution is -0.123. The molecular weight excluding hydrogens is 388 g/mol. The van der Waals surface area contributed by atoms with Crippen molar-refractivity contribution in [2.45, 2.75) is 26.2 Å². The molecule has 29 heavy (non-hydrogen) atoms. The number of hydrazone groups is 1. The molecule has 1 N–H and O–H groups in total. The predicted octanol–water partition coefficient (Wildman–Crippen LogP) is 5.64. The standard InChI is InChI=1S/C23H23ClN2O3/c1-3-16(2)17-6-10-20(11-7-17)28-15-23(27)26-25-14-21-12-13-22(29-21)18-4-8-19(24)9-5-18/h4-14,16H,3,15H2,1-2H3,(H,26,27)/b25-14-. The number of halogens is 1. The van der Waals surface area contributed by atoms with E-state index in [4.69, 9.17) is 20.8 Å². The molecule has 1 unspecified atom stereocenters. The van der Waals surface area contributed by atoms with Crippen molar-refractivity contribution in [3.05, 3.63) is 77.0 Å². The van der Waals surface area contributed by atoms with Crippen LogP contribution in [0.3, 0.4) is 0 Å². The van der Waals surface area contributed by atoms with E-state index < -0.39 is 0 Å². The van der Waals surface area contributed by atoms with Crippen molar-refractivity contribution >= 4 is 23.7 Å². The minimum absolute atomic E-state index is 0.117. The van der Waals surface area contributed by atoms with Gasteiger partial charge in [-0.25, -0.2) is 5.43 Å². The van der Waals surface area contributed by atoms with E-state index in [0.29, 0.717) is 28.2 Å². The van der Waals surface area contributed by atoms with E-state index in [1.165, 1.54) is 11.8 Å². The SMILES string of the molecule is CCC(C)c1ccc(OCC(=O)N/N=C\c2ccc(-c3ccc(Cl)cc3)o2)cc1. The van der Waals surface area contributed by atoms with E-state index in [1.807, 2.05) is 42.5 Å².